The van der Waals surface area contributed by atoms with Crippen LogP contribution in [0.1, 0.15) is 39.0 Å². The van der Waals surface area contributed by atoms with Gasteiger partial charge in [0.05, 0.1) is 6.61 Å². The Balaban J connectivity index is 3.16. The fourth-order valence-electron chi connectivity index (χ4n) is 1.13. The fourth-order valence-corrected chi connectivity index (χ4v) is 1.13. The molecule has 0 atom stereocenters. The molecular weight excluding hydrogens is 176 g/mol. The van der Waals surface area contributed by atoms with E-state index in [1.807, 2.05) is 13.0 Å². The number of rotatable bonds is 8. The van der Waals surface area contributed by atoms with Gasteiger partial charge in [-0.05, 0) is 26.2 Å². The lowest BCUT2D eigenvalue weighted by atomic mass is 10.1. The van der Waals surface area contributed by atoms with Gasteiger partial charge in [0.25, 0.3) is 0 Å². The maximum absolute atomic E-state index is 10.9. The van der Waals surface area contributed by atoms with E-state index in [1.54, 1.807) is 6.08 Å². The van der Waals surface area contributed by atoms with E-state index in [-0.39, 0.29) is 5.97 Å². The smallest absolute Gasteiger partial charge is 0.305 e. The zero-order valence-corrected chi connectivity index (χ0v) is 9.00. The molecule has 0 aliphatic heterocycles. The van der Waals surface area contributed by atoms with Gasteiger partial charge in [-0.2, -0.15) is 0 Å². The van der Waals surface area contributed by atoms with Crippen molar-refractivity contribution in [3.05, 3.63) is 24.8 Å². The first kappa shape index (κ1) is 12.9. The Morgan fingerprint density at radius 2 is 2.14 bits per heavy atom. The third-order valence-corrected chi connectivity index (χ3v) is 1.83. The van der Waals surface area contributed by atoms with Gasteiger partial charge in [-0.15, -0.1) is 0 Å². The van der Waals surface area contributed by atoms with E-state index in [2.05, 4.69) is 12.7 Å². The Morgan fingerprint density at radius 1 is 1.36 bits per heavy atom. The Hall–Kier alpha value is -1.05. The number of hydrogen-bond donors (Lipinski definition) is 0. The Morgan fingerprint density at radius 3 is 2.79 bits per heavy atom. The van der Waals surface area contributed by atoms with Crippen molar-refractivity contribution < 1.29 is 9.53 Å². The minimum atomic E-state index is -0.0749. The second-order valence-corrected chi connectivity index (χ2v) is 3.07. The molecule has 0 heterocycles. The van der Waals surface area contributed by atoms with Crippen LogP contribution in [0.3, 0.4) is 0 Å². The summed E-state index contributed by atoms with van der Waals surface area (Å²) in [6.45, 7) is 5.91. The summed E-state index contributed by atoms with van der Waals surface area (Å²) in [6, 6.07) is 0. The number of ether oxygens (including phenoxy) is 1. The predicted octanol–water partition coefficient (Wildman–Crippen LogP) is 3.24. The number of esters is 1. The highest BCUT2D eigenvalue weighted by atomic mass is 16.5. The molecule has 0 fully saturated rings. The Labute approximate surface area is 86.6 Å². The van der Waals surface area contributed by atoms with Crippen LogP contribution >= 0.6 is 0 Å². The first-order chi connectivity index (χ1) is 6.81. The van der Waals surface area contributed by atoms with E-state index in [1.165, 1.54) is 0 Å². The molecule has 0 aliphatic rings. The zero-order valence-electron chi connectivity index (χ0n) is 9.00. The molecule has 0 radical (unpaired) electrons. The Kier molecular flexibility index (Phi) is 9.28. The molecule has 0 aromatic rings. The average Bonchev–Trinajstić information content (AvgIpc) is 2.17. The molecule has 0 saturated heterocycles. The standard InChI is InChI=1S/C12H20O2/c1-3-5-6-7-8-9-10-11-12(13)14-4-2/h3,5-6H,1,4,7-11H2,2H3. The molecule has 0 N–H and O–H groups in total. The van der Waals surface area contributed by atoms with Crippen LogP contribution in [0.15, 0.2) is 24.8 Å². The van der Waals surface area contributed by atoms with E-state index in [4.69, 9.17) is 4.74 Å². The van der Waals surface area contributed by atoms with Crippen LogP contribution < -0.4 is 0 Å². The summed E-state index contributed by atoms with van der Waals surface area (Å²) in [5.74, 6) is -0.0749. The monoisotopic (exact) mass is 196 g/mol. The number of allylic oxidation sites excluding steroid dienone is 3. The fraction of sp³-hybridized carbons (Fsp3) is 0.583. The summed E-state index contributed by atoms with van der Waals surface area (Å²) >= 11 is 0. The quantitative estimate of drug-likeness (QED) is 0.338. The van der Waals surface area contributed by atoms with Crippen LogP contribution in [-0.2, 0) is 9.53 Å². The number of hydrogen-bond acceptors (Lipinski definition) is 2. The molecule has 2 heteroatoms. The molecule has 0 aliphatic carbocycles. The average molecular weight is 196 g/mol. The predicted molar refractivity (Wildman–Crippen MR) is 59.1 cm³/mol. The lowest BCUT2D eigenvalue weighted by molar-refractivity contribution is -0.143. The zero-order chi connectivity index (χ0) is 10.6. The van der Waals surface area contributed by atoms with Crippen molar-refractivity contribution in [2.75, 3.05) is 6.61 Å². The van der Waals surface area contributed by atoms with Crippen LogP contribution in [0.5, 0.6) is 0 Å². The highest BCUT2D eigenvalue weighted by Gasteiger charge is 1.99. The summed E-state index contributed by atoms with van der Waals surface area (Å²) in [5, 5.41) is 0. The van der Waals surface area contributed by atoms with Crippen LogP contribution in [0.4, 0.5) is 0 Å². The molecular formula is C12H20O2. The molecule has 0 amide bonds. The van der Waals surface area contributed by atoms with Crippen LogP contribution in [0, 0.1) is 0 Å². The molecule has 80 valence electrons. The number of carbonyl (C=O) groups is 1. The molecule has 14 heavy (non-hydrogen) atoms. The van der Waals surface area contributed by atoms with Gasteiger partial charge in [-0.1, -0.05) is 31.2 Å². The SMILES string of the molecule is C=CC=CCCCCCC(=O)OCC. The summed E-state index contributed by atoms with van der Waals surface area (Å²) < 4.78 is 4.82. The normalized spacial score (nSPS) is 10.4. The third-order valence-electron chi connectivity index (χ3n) is 1.83. The van der Waals surface area contributed by atoms with E-state index >= 15 is 0 Å². The highest BCUT2D eigenvalue weighted by molar-refractivity contribution is 5.69. The van der Waals surface area contributed by atoms with Gasteiger partial charge in [0.1, 0.15) is 0 Å². The summed E-state index contributed by atoms with van der Waals surface area (Å²) in [6.07, 6.45) is 10.6. The summed E-state index contributed by atoms with van der Waals surface area (Å²) in [7, 11) is 0. The molecule has 0 bridgehead atoms. The first-order valence-corrected chi connectivity index (χ1v) is 5.24. The lowest BCUT2D eigenvalue weighted by Gasteiger charge is -2.00. The number of unbranched alkanes of at least 4 members (excludes halogenated alkanes) is 3. The van der Waals surface area contributed by atoms with Crippen LogP contribution in [-0.4, -0.2) is 12.6 Å². The van der Waals surface area contributed by atoms with Crippen molar-refractivity contribution in [2.24, 2.45) is 0 Å². The summed E-state index contributed by atoms with van der Waals surface area (Å²) in [4.78, 5) is 10.9. The lowest BCUT2D eigenvalue weighted by Crippen LogP contribution is -2.02. The van der Waals surface area contributed by atoms with Crippen molar-refractivity contribution in [1.29, 1.82) is 0 Å². The minimum absolute atomic E-state index is 0.0749. The van der Waals surface area contributed by atoms with Crippen LogP contribution in [0.25, 0.3) is 0 Å². The third kappa shape index (κ3) is 9.04. The van der Waals surface area contributed by atoms with E-state index in [0.717, 1.165) is 25.7 Å². The van der Waals surface area contributed by atoms with Crippen molar-refractivity contribution in [3.63, 3.8) is 0 Å². The van der Waals surface area contributed by atoms with E-state index in [0.29, 0.717) is 13.0 Å². The molecule has 0 aromatic carbocycles. The molecule has 0 unspecified atom stereocenters. The molecule has 0 saturated carbocycles. The maximum Gasteiger partial charge on any atom is 0.305 e. The number of carbonyl (C=O) groups excluding carboxylic acids is 1. The van der Waals surface area contributed by atoms with Gasteiger partial charge in [0.2, 0.25) is 0 Å². The topological polar surface area (TPSA) is 26.3 Å². The first-order valence-electron chi connectivity index (χ1n) is 5.24. The van der Waals surface area contributed by atoms with Crippen molar-refractivity contribution in [2.45, 2.75) is 39.0 Å². The van der Waals surface area contributed by atoms with Crippen molar-refractivity contribution in [3.8, 4) is 0 Å². The Bertz CT molecular complexity index is 183. The maximum atomic E-state index is 10.9. The second kappa shape index (κ2) is 10.0. The summed E-state index contributed by atoms with van der Waals surface area (Å²) in [5.41, 5.74) is 0. The largest absolute Gasteiger partial charge is 0.466 e. The molecule has 0 spiro atoms. The highest BCUT2D eigenvalue weighted by Crippen LogP contribution is 2.04. The van der Waals surface area contributed by atoms with Gasteiger partial charge < -0.3 is 4.74 Å². The van der Waals surface area contributed by atoms with Gasteiger partial charge in [0.15, 0.2) is 0 Å². The molecule has 2 nitrogen and oxygen atoms in total. The van der Waals surface area contributed by atoms with Gasteiger partial charge in [0, 0.05) is 6.42 Å². The van der Waals surface area contributed by atoms with Gasteiger partial charge in [-0.3, -0.25) is 4.79 Å². The molecule has 0 rings (SSSR count). The van der Waals surface area contributed by atoms with Gasteiger partial charge >= 0.3 is 5.97 Å². The van der Waals surface area contributed by atoms with E-state index < -0.39 is 0 Å². The van der Waals surface area contributed by atoms with Crippen molar-refractivity contribution >= 4 is 5.97 Å². The van der Waals surface area contributed by atoms with Crippen LogP contribution in [0.2, 0.25) is 0 Å². The minimum Gasteiger partial charge on any atom is -0.466 e. The van der Waals surface area contributed by atoms with E-state index in [9.17, 15) is 4.79 Å². The van der Waals surface area contributed by atoms with Gasteiger partial charge in [-0.25, -0.2) is 0 Å². The van der Waals surface area contributed by atoms with Crippen molar-refractivity contribution in [1.82, 2.24) is 0 Å². The molecule has 0 aromatic heterocycles. The second-order valence-electron chi connectivity index (χ2n) is 3.07.